The number of terminal acetylenes is 1. The number of halogens is 3. The van der Waals surface area contributed by atoms with Crippen LogP contribution in [0.1, 0.15) is 5.56 Å². The number of benzene rings is 1. The van der Waals surface area contributed by atoms with E-state index in [0.29, 0.717) is 38.8 Å². The minimum Gasteiger partial charge on any atom is -0.368 e. The van der Waals surface area contributed by atoms with Crippen molar-refractivity contribution in [1.29, 1.82) is 0 Å². The summed E-state index contributed by atoms with van der Waals surface area (Å²) in [5, 5.41) is 10.7. The fraction of sp³-hybridized carbons (Fsp3) is 0.429. The highest BCUT2D eigenvalue weighted by Crippen LogP contribution is 2.39. The molecule has 0 saturated carbocycles. The molecule has 0 spiro atoms. The van der Waals surface area contributed by atoms with Crippen molar-refractivity contribution < 1.29 is 18.1 Å². The molecule has 0 aromatic heterocycles. The summed E-state index contributed by atoms with van der Waals surface area (Å²) in [6.07, 6.45) is 0.572. The fourth-order valence-electron chi connectivity index (χ4n) is 2.42. The summed E-state index contributed by atoms with van der Waals surface area (Å²) in [4.78, 5) is 13.4. The molecular formula is C14H14F3N3O2. The van der Waals surface area contributed by atoms with Crippen molar-refractivity contribution in [2.45, 2.75) is 6.18 Å². The Morgan fingerprint density at radius 3 is 2.41 bits per heavy atom. The summed E-state index contributed by atoms with van der Waals surface area (Å²) in [7, 11) is 0. The standard InChI is InChI=1S/C14H14F3N3O2/c1-2-5-18-6-8-19(9-7-18)13-4-3-11(20(21)22)10-12(13)14(15,16)17/h1,3-4,10H,5-9H2. The van der Waals surface area contributed by atoms with Crippen LogP contribution in [-0.4, -0.2) is 42.5 Å². The maximum absolute atomic E-state index is 13.2. The highest BCUT2D eigenvalue weighted by molar-refractivity contribution is 5.59. The number of nitro groups is 1. The zero-order valence-electron chi connectivity index (χ0n) is 11.6. The van der Waals surface area contributed by atoms with Gasteiger partial charge in [0.1, 0.15) is 0 Å². The van der Waals surface area contributed by atoms with Gasteiger partial charge in [-0.3, -0.25) is 15.0 Å². The first-order chi connectivity index (χ1) is 10.3. The number of non-ortho nitro benzene ring substituents is 1. The Morgan fingerprint density at radius 1 is 1.27 bits per heavy atom. The van der Waals surface area contributed by atoms with Crippen LogP contribution in [0.15, 0.2) is 18.2 Å². The van der Waals surface area contributed by atoms with Gasteiger partial charge < -0.3 is 4.90 Å². The van der Waals surface area contributed by atoms with Gasteiger partial charge in [0, 0.05) is 44.0 Å². The lowest BCUT2D eigenvalue weighted by atomic mass is 10.1. The van der Waals surface area contributed by atoms with E-state index in [2.05, 4.69) is 5.92 Å². The topological polar surface area (TPSA) is 49.6 Å². The van der Waals surface area contributed by atoms with Gasteiger partial charge in [-0.2, -0.15) is 13.2 Å². The lowest BCUT2D eigenvalue weighted by Gasteiger charge is -2.36. The van der Waals surface area contributed by atoms with E-state index in [1.54, 1.807) is 4.90 Å². The number of hydrogen-bond acceptors (Lipinski definition) is 4. The Balaban J connectivity index is 2.28. The highest BCUT2D eigenvalue weighted by Gasteiger charge is 2.37. The lowest BCUT2D eigenvalue weighted by molar-refractivity contribution is -0.385. The van der Waals surface area contributed by atoms with Crippen molar-refractivity contribution in [3.8, 4) is 12.3 Å². The van der Waals surface area contributed by atoms with E-state index in [1.165, 1.54) is 0 Å². The van der Waals surface area contributed by atoms with Crippen molar-refractivity contribution in [3.63, 3.8) is 0 Å². The summed E-state index contributed by atoms with van der Waals surface area (Å²) in [6, 6.07) is 2.85. The third-order valence-corrected chi connectivity index (χ3v) is 3.52. The minimum atomic E-state index is -4.64. The maximum atomic E-state index is 13.2. The molecular weight excluding hydrogens is 299 g/mol. The average Bonchev–Trinajstić information content (AvgIpc) is 2.47. The van der Waals surface area contributed by atoms with Gasteiger partial charge in [-0.25, -0.2) is 0 Å². The van der Waals surface area contributed by atoms with Gasteiger partial charge in [0.05, 0.1) is 17.0 Å². The molecule has 1 aromatic rings. The van der Waals surface area contributed by atoms with Crippen LogP contribution in [0.2, 0.25) is 0 Å². The van der Waals surface area contributed by atoms with Crippen LogP contribution in [0.25, 0.3) is 0 Å². The van der Waals surface area contributed by atoms with E-state index in [4.69, 9.17) is 6.42 Å². The predicted molar refractivity (Wildman–Crippen MR) is 75.6 cm³/mol. The molecule has 0 radical (unpaired) electrons. The number of nitrogens with zero attached hydrogens (tertiary/aromatic N) is 3. The Hall–Kier alpha value is -2.27. The van der Waals surface area contributed by atoms with Crippen LogP contribution >= 0.6 is 0 Å². The van der Waals surface area contributed by atoms with Crippen LogP contribution < -0.4 is 4.90 Å². The average molecular weight is 313 g/mol. The van der Waals surface area contributed by atoms with Crippen LogP contribution in [0, 0.1) is 22.5 Å². The van der Waals surface area contributed by atoms with Gasteiger partial charge in [-0.15, -0.1) is 6.42 Å². The molecule has 0 N–H and O–H groups in total. The van der Waals surface area contributed by atoms with Crippen molar-refractivity contribution >= 4 is 11.4 Å². The smallest absolute Gasteiger partial charge is 0.368 e. The summed E-state index contributed by atoms with van der Waals surface area (Å²) in [5.74, 6) is 2.50. The minimum absolute atomic E-state index is 0.0292. The SMILES string of the molecule is C#CCN1CCN(c2ccc([N+](=O)[O-])cc2C(F)(F)F)CC1. The van der Waals surface area contributed by atoms with Gasteiger partial charge in [0.2, 0.25) is 0 Å². The normalized spacial score (nSPS) is 16.4. The molecule has 2 rings (SSSR count). The molecule has 0 aliphatic carbocycles. The maximum Gasteiger partial charge on any atom is 0.418 e. The first kappa shape index (κ1) is 16.1. The van der Waals surface area contributed by atoms with Gasteiger partial charge >= 0.3 is 6.18 Å². The zero-order valence-corrected chi connectivity index (χ0v) is 11.6. The van der Waals surface area contributed by atoms with E-state index in [9.17, 15) is 23.3 Å². The van der Waals surface area contributed by atoms with E-state index in [-0.39, 0.29) is 5.69 Å². The third-order valence-electron chi connectivity index (χ3n) is 3.52. The van der Waals surface area contributed by atoms with E-state index >= 15 is 0 Å². The second kappa shape index (κ2) is 6.23. The quantitative estimate of drug-likeness (QED) is 0.488. The van der Waals surface area contributed by atoms with E-state index in [0.717, 1.165) is 12.1 Å². The molecule has 1 aliphatic rings. The molecule has 1 aliphatic heterocycles. The molecule has 8 heteroatoms. The number of rotatable bonds is 3. The van der Waals surface area contributed by atoms with Gasteiger partial charge in [0.15, 0.2) is 0 Å². The number of hydrogen-bond donors (Lipinski definition) is 0. The molecule has 1 fully saturated rings. The van der Waals surface area contributed by atoms with Crippen LogP contribution in [0.3, 0.4) is 0 Å². The van der Waals surface area contributed by atoms with Crippen LogP contribution in [0.4, 0.5) is 24.5 Å². The number of piperazine rings is 1. The summed E-state index contributed by atoms with van der Waals surface area (Å²) < 4.78 is 39.5. The van der Waals surface area contributed by atoms with Crippen molar-refractivity contribution in [3.05, 3.63) is 33.9 Å². The van der Waals surface area contributed by atoms with Crippen molar-refractivity contribution in [1.82, 2.24) is 4.90 Å². The van der Waals surface area contributed by atoms with Crippen LogP contribution in [-0.2, 0) is 6.18 Å². The molecule has 0 unspecified atom stereocenters. The van der Waals surface area contributed by atoms with Crippen molar-refractivity contribution in [2.24, 2.45) is 0 Å². The number of nitro benzene ring substituents is 1. The molecule has 1 heterocycles. The molecule has 22 heavy (non-hydrogen) atoms. The molecule has 0 bridgehead atoms. The fourth-order valence-corrected chi connectivity index (χ4v) is 2.42. The van der Waals surface area contributed by atoms with Crippen molar-refractivity contribution in [2.75, 3.05) is 37.6 Å². The zero-order chi connectivity index (χ0) is 16.3. The largest absolute Gasteiger partial charge is 0.418 e. The predicted octanol–water partition coefficient (Wildman–Crippen LogP) is 2.37. The molecule has 118 valence electrons. The third kappa shape index (κ3) is 3.49. The molecule has 0 atom stereocenters. The first-order valence-electron chi connectivity index (χ1n) is 6.59. The molecule has 1 saturated heterocycles. The second-order valence-electron chi connectivity index (χ2n) is 4.92. The van der Waals surface area contributed by atoms with Crippen LogP contribution in [0.5, 0.6) is 0 Å². The number of alkyl halides is 3. The van der Waals surface area contributed by atoms with Gasteiger partial charge in [-0.05, 0) is 6.07 Å². The first-order valence-corrected chi connectivity index (χ1v) is 6.59. The summed E-state index contributed by atoms with van der Waals surface area (Å²) in [5.41, 5.74) is -1.58. The molecule has 1 aromatic carbocycles. The Bertz CT molecular complexity index is 602. The lowest BCUT2D eigenvalue weighted by Crippen LogP contribution is -2.46. The van der Waals surface area contributed by atoms with Gasteiger partial charge in [-0.1, -0.05) is 5.92 Å². The van der Waals surface area contributed by atoms with E-state index < -0.39 is 22.4 Å². The monoisotopic (exact) mass is 313 g/mol. The number of anilines is 1. The highest BCUT2D eigenvalue weighted by atomic mass is 19.4. The Labute approximate surface area is 125 Å². The summed E-state index contributed by atoms with van der Waals surface area (Å²) >= 11 is 0. The van der Waals surface area contributed by atoms with Gasteiger partial charge in [0.25, 0.3) is 5.69 Å². The van der Waals surface area contributed by atoms with E-state index in [1.807, 2.05) is 4.90 Å². The summed E-state index contributed by atoms with van der Waals surface area (Å²) in [6.45, 7) is 2.35. The molecule has 0 amide bonds. The Morgan fingerprint density at radius 2 is 1.91 bits per heavy atom. The second-order valence-corrected chi connectivity index (χ2v) is 4.92. The Kier molecular flexibility index (Phi) is 4.56. The molecule has 5 nitrogen and oxygen atoms in total.